The van der Waals surface area contributed by atoms with Gasteiger partial charge in [-0.1, -0.05) is 17.7 Å². The molecular weight excluding hydrogens is 300 g/mol. The first-order valence-electron chi connectivity index (χ1n) is 7.47. The van der Waals surface area contributed by atoms with Crippen LogP contribution in [-0.4, -0.2) is 34.8 Å². The Hall–Kier alpha value is -1.85. The topological polar surface area (TPSA) is 59.0 Å². The standard InChI is InChI=1S/C16H19ClN4O/c1-11-15(16(22)19-9-13-5-3-7-18-13)10-20-21(11)14-6-2-4-12(17)8-14/h2,4,6,8,10,13,18H,3,5,7,9H2,1H3,(H,19,22). The van der Waals surface area contributed by atoms with Crippen LogP contribution in [0.2, 0.25) is 5.02 Å². The van der Waals surface area contributed by atoms with Gasteiger partial charge in [0.05, 0.1) is 23.1 Å². The smallest absolute Gasteiger partial charge is 0.254 e. The van der Waals surface area contributed by atoms with Gasteiger partial charge in [0.25, 0.3) is 5.91 Å². The van der Waals surface area contributed by atoms with Crippen LogP contribution in [0.4, 0.5) is 0 Å². The van der Waals surface area contributed by atoms with Crippen LogP contribution < -0.4 is 10.6 Å². The Labute approximate surface area is 134 Å². The highest BCUT2D eigenvalue weighted by molar-refractivity contribution is 6.30. The van der Waals surface area contributed by atoms with E-state index >= 15 is 0 Å². The van der Waals surface area contributed by atoms with Crippen molar-refractivity contribution in [1.82, 2.24) is 20.4 Å². The van der Waals surface area contributed by atoms with Crippen molar-refractivity contribution in [3.8, 4) is 5.69 Å². The van der Waals surface area contributed by atoms with Gasteiger partial charge in [0, 0.05) is 17.6 Å². The fourth-order valence-corrected chi connectivity index (χ4v) is 2.93. The van der Waals surface area contributed by atoms with E-state index in [2.05, 4.69) is 15.7 Å². The summed E-state index contributed by atoms with van der Waals surface area (Å²) in [6.07, 6.45) is 3.89. The summed E-state index contributed by atoms with van der Waals surface area (Å²) >= 11 is 6.01. The zero-order chi connectivity index (χ0) is 15.5. The quantitative estimate of drug-likeness (QED) is 0.909. The van der Waals surface area contributed by atoms with Crippen molar-refractivity contribution >= 4 is 17.5 Å². The number of carbonyl (C=O) groups is 1. The van der Waals surface area contributed by atoms with E-state index in [1.165, 1.54) is 6.42 Å². The number of nitrogens with zero attached hydrogens (tertiary/aromatic N) is 2. The van der Waals surface area contributed by atoms with Crippen LogP contribution in [0.25, 0.3) is 5.69 Å². The third kappa shape index (κ3) is 3.15. The maximum Gasteiger partial charge on any atom is 0.254 e. The molecule has 0 saturated carbocycles. The second kappa shape index (κ2) is 6.50. The molecule has 2 heterocycles. The van der Waals surface area contributed by atoms with E-state index in [1.807, 2.05) is 31.2 Å². The number of nitrogens with one attached hydrogen (secondary N) is 2. The van der Waals surface area contributed by atoms with E-state index in [-0.39, 0.29) is 5.91 Å². The van der Waals surface area contributed by atoms with Gasteiger partial charge in [-0.15, -0.1) is 0 Å². The van der Waals surface area contributed by atoms with E-state index in [0.29, 0.717) is 23.2 Å². The first-order chi connectivity index (χ1) is 10.6. The van der Waals surface area contributed by atoms with E-state index in [9.17, 15) is 4.79 Å². The summed E-state index contributed by atoms with van der Waals surface area (Å²) in [7, 11) is 0. The highest BCUT2D eigenvalue weighted by Crippen LogP contribution is 2.18. The molecular formula is C16H19ClN4O. The number of carbonyl (C=O) groups excluding carboxylic acids is 1. The Kier molecular flexibility index (Phi) is 4.45. The summed E-state index contributed by atoms with van der Waals surface area (Å²) in [6, 6.07) is 7.80. The molecule has 116 valence electrons. The average Bonchev–Trinajstić information content (AvgIpc) is 3.14. The molecule has 2 aromatic rings. The summed E-state index contributed by atoms with van der Waals surface area (Å²) in [5.41, 5.74) is 2.25. The van der Waals surface area contributed by atoms with Gasteiger partial charge in [-0.2, -0.15) is 5.10 Å². The van der Waals surface area contributed by atoms with Crippen LogP contribution in [0.5, 0.6) is 0 Å². The van der Waals surface area contributed by atoms with Gasteiger partial charge in [-0.25, -0.2) is 4.68 Å². The highest BCUT2D eigenvalue weighted by Gasteiger charge is 2.18. The lowest BCUT2D eigenvalue weighted by Crippen LogP contribution is -2.37. The molecule has 1 unspecified atom stereocenters. The molecule has 0 spiro atoms. The number of hydrogen-bond acceptors (Lipinski definition) is 3. The van der Waals surface area contributed by atoms with E-state index in [0.717, 1.165) is 24.3 Å². The summed E-state index contributed by atoms with van der Waals surface area (Å²) in [6.45, 7) is 3.57. The van der Waals surface area contributed by atoms with Gasteiger partial charge in [0.2, 0.25) is 0 Å². The minimum absolute atomic E-state index is 0.0838. The Morgan fingerprint density at radius 3 is 3.14 bits per heavy atom. The molecule has 6 heteroatoms. The number of halogens is 1. The lowest BCUT2D eigenvalue weighted by Gasteiger charge is -2.11. The Morgan fingerprint density at radius 1 is 1.55 bits per heavy atom. The second-order valence-corrected chi connectivity index (χ2v) is 5.98. The molecule has 1 fully saturated rings. The molecule has 1 aliphatic rings. The maximum absolute atomic E-state index is 12.3. The molecule has 1 saturated heterocycles. The molecule has 3 rings (SSSR count). The predicted molar refractivity (Wildman–Crippen MR) is 86.7 cm³/mol. The van der Waals surface area contributed by atoms with Crippen molar-refractivity contribution in [1.29, 1.82) is 0 Å². The van der Waals surface area contributed by atoms with Crippen molar-refractivity contribution in [3.05, 3.63) is 46.7 Å². The third-order valence-electron chi connectivity index (χ3n) is 3.98. The average molecular weight is 319 g/mol. The van der Waals surface area contributed by atoms with E-state index in [1.54, 1.807) is 10.9 Å². The van der Waals surface area contributed by atoms with Crippen molar-refractivity contribution < 1.29 is 4.79 Å². The molecule has 1 aliphatic heterocycles. The summed E-state index contributed by atoms with van der Waals surface area (Å²) in [5.74, 6) is -0.0838. The van der Waals surface area contributed by atoms with Gasteiger partial charge in [0.15, 0.2) is 0 Å². The Bertz CT molecular complexity index is 677. The molecule has 0 radical (unpaired) electrons. The normalized spacial score (nSPS) is 17.6. The van der Waals surface area contributed by atoms with Gasteiger partial charge in [0.1, 0.15) is 0 Å². The Balaban J connectivity index is 1.73. The second-order valence-electron chi connectivity index (χ2n) is 5.54. The van der Waals surface area contributed by atoms with Gasteiger partial charge in [-0.3, -0.25) is 4.79 Å². The lowest BCUT2D eigenvalue weighted by molar-refractivity contribution is 0.0949. The summed E-state index contributed by atoms with van der Waals surface area (Å²) in [4.78, 5) is 12.3. The minimum Gasteiger partial charge on any atom is -0.350 e. The van der Waals surface area contributed by atoms with E-state index < -0.39 is 0 Å². The molecule has 0 aliphatic carbocycles. The molecule has 0 bridgehead atoms. The van der Waals surface area contributed by atoms with Crippen molar-refractivity contribution in [3.63, 3.8) is 0 Å². The highest BCUT2D eigenvalue weighted by atomic mass is 35.5. The number of aromatic nitrogens is 2. The first-order valence-corrected chi connectivity index (χ1v) is 7.85. The van der Waals surface area contributed by atoms with Crippen LogP contribution in [0.15, 0.2) is 30.5 Å². The fourth-order valence-electron chi connectivity index (χ4n) is 2.74. The summed E-state index contributed by atoms with van der Waals surface area (Å²) in [5, 5.41) is 11.3. The molecule has 2 N–H and O–H groups in total. The molecule has 1 aromatic carbocycles. The van der Waals surface area contributed by atoms with Crippen LogP contribution in [0, 0.1) is 6.92 Å². The molecule has 5 nitrogen and oxygen atoms in total. The largest absolute Gasteiger partial charge is 0.350 e. The van der Waals surface area contributed by atoms with Crippen LogP contribution in [-0.2, 0) is 0 Å². The minimum atomic E-state index is -0.0838. The van der Waals surface area contributed by atoms with Gasteiger partial charge < -0.3 is 10.6 Å². The number of hydrogen-bond donors (Lipinski definition) is 2. The predicted octanol–water partition coefficient (Wildman–Crippen LogP) is 2.32. The number of amides is 1. The van der Waals surface area contributed by atoms with Crippen LogP contribution in [0.1, 0.15) is 28.9 Å². The molecule has 1 atom stereocenters. The zero-order valence-corrected chi connectivity index (χ0v) is 13.2. The lowest BCUT2D eigenvalue weighted by atomic mass is 10.2. The van der Waals surface area contributed by atoms with Crippen molar-refractivity contribution in [2.24, 2.45) is 0 Å². The van der Waals surface area contributed by atoms with Crippen LogP contribution in [0.3, 0.4) is 0 Å². The Morgan fingerprint density at radius 2 is 2.41 bits per heavy atom. The summed E-state index contributed by atoms with van der Waals surface area (Å²) < 4.78 is 1.73. The number of rotatable bonds is 4. The van der Waals surface area contributed by atoms with Crippen LogP contribution >= 0.6 is 11.6 Å². The van der Waals surface area contributed by atoms with Crippen molar-refractivity contribution in [2.45, 2.75) is 25.8 Å². The molecule has 1 aromatic heterocycles. The van der Waals surface area contributed by atoms with Crippen molar-refractivity contribution in [2.75, 3.05) is 13.1 Å². The van der Waals surface area contributed by atoms with E-state index in [4.69, 9.17) is 11.6 Å². The molecule has 1 amide bonds. The van der Waals surface area contributed by atoms with Gasteiger partial charge in [-0.05, 0) is 44.5 Å². The van der Waals surface area contributed by atoms with Gasteiger partial charge >= 0.3 is 0 Å². The third-order valence-corrected chi connectivity index (χ3v) is 4.21. The number of benzene rings is 1. The maximum atomic E-state index is 12.3. The SMILES string of the molecule is Cc1c(C(=O)NCC2CCCN2)cnn1-c1cccc(Cl)c1. The monoisotopic (exact) mass is 318 g/mol. The molecule has 22 heavy (non-hydrogen) atoms. The zero-order valence-electron chi connectivity index (χ0n) is 12.5. The first kappa shape index (κ1) is 15.1. The fraction of sp³-hybridized carbons (Fsp3) is 0.375.